The summed E-state index contributed by atoms with van der Waals surface area (Å²) in [5.74, 6) is -3.38. The average molecular weight is 511 g/mol. The quantitative estimate of drug-likeness (QED) is 0.219. The molecule has 0 aromatic rings. The minimum Gasteiger partial charge on any atom is -0.481 e. The van der Waals surface area contributed by atoms with E-state index in [0.29, 0.717) is 18.9 Å². The molecular formula is C25H42N4O7. The zero-order chi connectivity index (χ0) is 26.5. The van der Waals surface area contributed by atoms with Gasteiger partial charge in [0.05, 0.1) is 13.0 Å². The Morgan fingerprint density at radius 1 is 0.944 bits per heavy atom. The van der Waals surface area contributed by atoms with Crippen LogP contribution < -0.4 is 16.0 Å². The number of carboxylic acids is 2. The zero-order valence-electron chi connectivity index (χ0n) is 21.3. The lowest BCUT2D eigenvalue weighted by atomic mass is 9.92. The van der Waals surface area contributed by atoms with Crippen molar-refractivity contribution < 1.29 is 34.2 Å². The van der Waals surface area contributed by atoms with E-state index < -0.39 is 42.3 Å². The lowest BCUT2D eigenvalue weighted by Gasteiger charge is -2.25. The van der Waals surface area contributed by atoms with Gasteiger partial charge in [-0.05, 0) is 64.0 Å². The largest absolute Gasteiger partial charge is 0.481 e. The molecule has 2 atom stereocenters. The van der Waals surface area contributed by atoms with E-state index >= 15 is 0 Å². The predicted octanol–water partition coefficient (Wildman–Crippen LogP) is 1.11. The number of hydrogen-bond acceptors (Lipinski definition) is 6. The van der Waals surface area contributed by atoms with Gasteiger partial charge < -0.3 is 31.1 Å². The van der Waals surface area contributed by atoms with E-state index in [4.69, 9.17) is 0 Å². The van der Waals surface area contributed by atoms with E-state index in [1.807, 2.05) is 0 Å². The molecule has 2 rings (SSSR count). The Bertz CT molecular complexity index is 764. The van der Waals surface area contributed by atoms with Gasteiger partial charge in [-0.3, -0.25) is 19.2 Å². The molecule has 0 aromatic heterocycles. The van der Waals surface area contributed by atoms with Crippen LogP contribution in [0.1, 0.15) is 77.6 Å². The van der Waals surface area contributed by atoms with Crippen LogP contribution in [-0.4, -0.2) is 83.0 Å². The number of rotatable bonds is 15. The van der Waals surface area contributed by atoms with Gasteiger partial charge in [-0.2, -0.15) is 0 Å². The fourth-order valence-corrected chi connectivity index (χ4v) is 5.12. The Labute approximate surface area is 212 Å². The van der Waals surface area contributed by atoms with Gasteiger partial charge in [0.2, 0.25) is 17.7 Å². The number of nitrogens with zero attached hydrogens (tertiary/aromatic N) is 1. The number of likely N-dealkylation sites (N-methyl/N-ethyl adjacent to an activating group) is 1. The Hall–Kier alpha value is -2.69. The maximum absolute atomic E-state index is 12.7. The third-order valence-electron chi connectivity index (χ3n) is 7.22. The van der Waals surface area contributed by atoms with E-state index in [2.05, 4.69) is 16.0 Å². The molecule has 1 aliphatic carbocycles. The molecule has 3 amide bonds. The van der Waals surface area contributed by atoms with Gasteiger partial charge in [-0.15, -0.1) is 0 Å². The molecular weight excluding hydrogens is 468 g/mol. The smallest absolute Gasteiger partial charge is 0.326 e. The first-order valence-corrected chi connectivity index (χ1v) is 13.2. The van der Waals surface area contributed by atoms with Gasteiger partial charge in [-0.1, -0.05) is 25.7 Å². The van der Waals surface area contributed by atoms with Gasteiger partial charge in [0, 0.05) is 13.0 Å². The molecule has 0 bridgehead atoms. The third-order valence-corrected chi connectivity index (χ3v) is 7.22. The van der Waals surface area contributed by atoms with Gasteiger partial charge in [0.25, 0.3) is 0 Å². The second kappa shape index (κ2) is 15.4. The summed E-state index contributed by atoms with van der Waals surface area (Å²) in [7, 11) is 0. The van der Waals surface area contributed by atoms with Crippen molar-refractivity contribution in [2.75, 3.05) is 26.2 Å². The number of piperidine rings is 1. The maximum atomic E-state index is 12.7. The van der Waals surface area contributed by atoms with Gasteiger partial charge in [-0.25, -0.2) is 4.79 Å². The second-order valence-electron chi connectivity index (χ2n) is 10.00. The molecule has 0 aromatic carbocycles. The van der Waals surface area contributed by atoms with Crippen LogP contribution in [0.4, 0.5) is 0 Å². The van der Waals surface area contributed by atoms with Crippen molar-refractivity contribution in [1.29, 1.82) is 0 Å². The number of carboxylic acid groups (broad SMARTS) is 2. The van der Waals surface area contributed by atoms with Gasteiger partial charge in [0.1, 0.15) is 12.1 Å². The molecule has 1 heterocycles. The summed E-state index contributed by atoms with van der Waals surface area (Å²) < 4.78 is 0. The molecule has 11 nitrogen and oxygen atoms in total. The van der Waals surface area contributed by atoms with Gasteiger partial charge in [0.15, 0.2) is 0 Å². The van der Waals surface area contributed by atoms with Crippen LogP contribution in [0, 0.1) is 11.8 Å². The van der Waals surface area contributed by atoms with E-state index in [1.165, 1.54) is 4.90 Å². The van der Waals surface area contributed by atoms with Crippen LogP contribution in [0.3, 0.4) is 0 Å². The normalized spacial score (nSPS) is 18.2. The summed E-state index contributed by atoms with van der Waals surface area (Å²) in [6.07, 6.45) is 7.64. The van der Waals surface area contributed by atoms with Crippen molar-refractivity contribution in [2.45, 2.75) is 89.6 Å². The Morgan fingerprint density at radius 2 is 1.61 bits per heavy atom. The first kappa shape index (κ1) is 29.5. The first-order chi connectivity index (χ1) is 17.2. The lowest BCUT2D eigenvalue weighted by Crippen LogP contribution is -2.54. The van der Waals surface area contributed by atoms with Crippen molar-refractivity contribution in [2.24, 2.45) is 11.8 Å². The zero-order valence-corrected chi connectivity index (χ0v) is 21.3. The molecule has 0 radical (unpaired) electrons. The highest BCUT2D eigenvalue weighted by Gasteiger charge is 2.31. The fourth-order valence-electron chi connectivity index (χ4n) is 5.12. The predicted molar refractivity (Wildman–Crippen MR) is 132 cm³/mol. The lowest BCUT2D eigenvalue weighted by molar-refractivity contribution is -0.144. The summed E-state index contributed by atoms with van der Waals surface area (Å²) in [6, 6.07) is -2.59. The van der Waals surface area contributed by atoms with E-state index in [0.717, 1.165) is 64.5 Å². The maximum Gasteiger partial charge on any atom is 0.326 e. The number of carbonyl (C=O) groups excluding carboxylic acids is 3. The molecule has 11 heteroatoms. The average Bonchev–Trinajstić information content (AvgIpc) is 3.35. The molecule has 2 fully saturated rings. The molecule has 36 heavy (non-hydrogen) atoms. The van der Waals surface area contributed by atoms with Crippen molar-refractivity contribution in [3.05, 3.63) is 0 Å². The Balaban J connectivity index is 1.87. The summed E-state index contributed by atoms with van der Waals surface area (Å²) in [5.41, 5.74) is 0. The number of hydrogen-bond donors (Lipinski definition) is 5. The van der Waals surface area contributed by atoms with Crippen LogP contribution >= 0.6 is 0 Å². The Kier molecular flexibility index (Phi) is 12.7. The molecule has 204 valence electrons. The summed E-state index contributed by atoms with van der Waals surface area (Å²) in [5, 5.41) is 26.9. The summed E-state index contributed by atoms with van der Waals surface area (Å²) in [4.78, 5) is 62.4. The second-order valence-corrected chi connectivity index (χ2v) is 10.00. The molecule has 2 aliphatic rings. The minimum atomic E-state index is -1.44. The molecule has 1 saturated carbocycles. The fraction of sp³-hybridized carbons (Fsp3) is 0.800. The minimum absolute atomic E-state index is 0.164. The highest BCUT2D eigenvalue weighted by Crippen LogP contribution is 2.28. The molecule has 1 aliphatic heterocycles. The highest BCUT2D eigenvalue weighted by molar-refractivity contribution is 5.94. The van der Waals surface area contributed by atoms with Crippen molar-refractivity contribution in [3.8, 4) is 0 Å². The molecule has 0 unspecified atom stereocenters. The van der Waals surface area contributed by atoms with E-state index in [9.17, 15) is 34.2 Å². The summed E-state index contributed by atoms with van der Waals surface area (Å²) in [6.45, 7) is 3.76. The monoisotopic (exact) mass is 510 g/mol. The van der Waals surface area contributed by atoms with Gasteiger partial charge >= 0.3 is 11.9 Å². The van der Waals surface area contributed by atoms with Crippen LogP contribution in [-0.2, 0) is 24.0 Å². The highest BCUT2D eigenvalue weighted by atomic mass is 16.4. The molecule has 0 spiro atoms. The SMILES string of the molecule is CCN(CC(=O)N[C@@H](CC(=O)O)C(=O)N[C@@H](CC1CCCC1)C(=O)O)C(=O)CCCC1CCNCC1. The van der Waals surface area contributed by atoms with Crippen LogP contribution in [0.2, 0.25) is 0 Å². The van der Waals surface area contributed by atoms with Crippen molar-refractivity contribution in [1.82, 2.24) is 20.9 Å². The topological polar surface area (TPSA) is 165 Å². The van der Waals surface area contributed by atoms with Crippen molar-refractivity contribution in [3.63, 3.8) is 0 Å². The number of nitrogens with one attached hydrogen (secondary N) is 3. The van der Waals surface area contributed by atoms with E-state index in [-0.39, 0.29) is 24.8 Å². The number of aliphatic carboxylic acids is 2. The Morgan fingerprint density at radius 3 is 2.19 bits per heavy atom. The van der Waals surface area contributed by atoms with Crippen LogP contribution in [0.25, 0.3) is 0 Å². The summed E-state index contributed by atoms with van der Waals surface area (Å²) >= 11 is 0. The van der Waals surface area contributed by atoms with Crippen LogP contribution in [0.5, 0.6) is 0 Å². The molecule has 5 N–H and O–H groups in total. The number of carbonyl (C=O) groups is 5. The molecule has 1 saturated heterocycles. The first-order valence-electron chi connectivity index (χ1n) is 13.2. The third kappa shape index (κ3) is 10.5. The van der Waals surface area contributed by atoms with Crippen LogP contribution in [0.15, 0.2) is 0 Å². The standard InChI is InChI=1S/C25H42N4O7/c1-2-29(22(31)9-5-8-17-10-12-26-13-11-17)16-21(30)27-19(15-23(32)33)24(34)28-20(25(35)36)14-18-6-3-4-7-18/h17-20,26H,2-16H2,1H3,(H,27,30)(H,28,34)(H,32,33)(H,35,36)/t19-,20-/m0/s1. The number of amides is 3. The van der Waals surface area contributed by atoms with E-state index in [1.54, 1.807) is 6.92 Å². The van der Waals surface area contributed by atoms with Crippen molar-refractivity contribution >= 4 is 29.7 Å².